The Morgan fingerprint density at radius 3 is 2.93 bits per heavy atom. The molecule has 5 aliphatic rings. The molecular weight excluding hydrogens is 358 g/mol. The van der Waals surface area contributed by atoms with Crippen LogP contribution in [0.5, 0.6) is 0 Å². The second-order valence-electron chi connectivity index (χ2n) is 8.63. The average Bonchev–Trinajstić information content (AvgIpc) is 3.36. The Morgan fingerprint density at radius 1 is 1.39 bits per heavy atom. The quantitative estimate of drug-likeness (QED) is 0.682. The molecule has 0 aliphatic carbocycles. The van der Waals surface area contributed by atoms with Crippen LogP contribution in [-0.4, -0.2) is 54.8 Å². The summed E-state index contributed by atoms with van der Waals surface area (Å²) in [4.78, 5) is 30.1. The number of anilines is 1. The number of hydrogen-bond acceptors (Lipinski definition) is 6. The molecule has 7 heteroatoms. The molecule has 0 N–H and O–H groups in total. The molecule has 4 saturated heterocycles. The molecule has 1 aromatic rings. The zero-order valence-electron chi connectivity index (χ0n) is 15.8. The molecule has 0 radical (unpaired) electrons. The summed E-state index contributed by atoms with van der Waals surface area (Å²) in [5.41, 5.74) is -0.721. The van der Waals surface area contributed by atoms with Crippen LogP contribution >= 0.6 is 0 Å². The summed E-state index contributed by atoms with van der Waals surface area (Å²) in [6.45, 7) is 0.587. The number of ether oxygens (including phenoxy) is 2. The van der Waals surface area contributed by atoms with E-state index in [-0.39, 0.29) is 17.9 Å². The number of nitrogens with zero attached hydrogens (tertiary/aromatic N) is 3. The Morgan fingerprint density at radius 2 is 2.18 bits per heavy atom. The highest BCUT2D eigenvalue weighted by Gasteiger charge is 2.91. The van der Waals surface area contributed by atoms with E-state index in [1.807, 2.05) is 30.1 Å². The van der Waals surface area contributed by atoms with Crippen LogP contribution in [0, 0.1) is 23.2 Å². The van der Waals surface area contributed by atoms with Crippen LogP contribution in [0.15, 0.2) is 24.3 Å². The molecule has 7 nitrogen and oxygen atoms in total. The number of carbonyl (C=O) groups excluding carboxylic acids is 2. The van der Waals surface area contributed by atoms with Crippen molar-refractivity contribution in [2.24, 2.45) is 11.8 Å². The fourth-order valence-corrected chi connectivity index (χ4v) is 7.50. The van der Waals surface area contributed by atoms with Crippen molar-refractivity contribution in [1.82, 2.24) is 4.90 Å². The van der Waals surface area contributed by atoms with Gasteiger partial charge in [-0.2, -0.15) is 5.26 Å². The summed E-state index contributed by atoms with van der Waals surface area (Å²) in [6.07, 6.45) is 1.67. The maximum absolute atomic E-state index is 13.3. The molecule has 5 aliphatic heterocycles. The maximum Gasteiger partial charge on any atom is 0.341 e. The van der Waals surface area contributed by atoms with Gasteiger partial charge in [0, 0.05) is 31.6 Å². The number of benzene rings is 1. The number of para-hydroxylation sites is 1. The molecule has 1 amide bonds. The molecule has 6 atom stereocenters. The van der Waals surface area contributed by atoms with E-state index < -0.39 is 28.6 Å². The molecule has 6 rings (SSSR count). The van der Waals surface area contributed by atoms with Crippen LogP contribution in [0.3, 0.4) is 0 Å². The van der Waals surface area contributed by atoms with Gasteiger partial charge in [-0.1, -0.05) is 18.2 Å². The number of likely N-dealkylation sites (N-methyl/N-ethyl adjacent to an activating group) is 1. The van der Waals surface area contributed by atoms with Crippen molar-refractivity contribution >= 4 is 17.6 Å². The summed E-state index contributed by atoms with van der Waals surface area (Å²) in [6, 6.07) is 10.1. The molecule has 0 aromatic heterocycles. The van der Waals surface area contributed by atoms with E-state index in [1.165, 1.54) is 7.11 Å². The van der Waals surface area contributed by atoms with Crippen LogP contribution in [-0.2, 0) is 24.5 Å². The highest BCUT2D eigenvalue weighted by Crippen LogP contribution is 2.76. The van der Waals surface area contributed by atoms with E-state index in [1.54, 1.807) is 0 Å². The lowest BCUT2D eigenvalue weighted by Gasteiger charge is -2.52. The van der Waals surface area contributed by atoms with Crippen molar-refractivity contribution in [3.63, 3.8) is 0 Å². The van der Waals surface area contributed by atoms with Crippen molar-refractivity contribution in [1.29, 1.82) is 5.26 Å². The topological polar surface area (TPSA) is 82.9 Å². The van der Waals surface area contributed by atoms with Crippen LogP contribution in [0.1, 0.15) is 24.8 Å². The molecule has 4 fully saturated rings. The van der Waals surface area contributed by atoms with E-state index in [9.17, 15) is 14.9 Å². The molecule has 144 valence electrons. The minimum absolute atomic E-state index is 0.0539. The van der Waals surface area contributed by atoms with Gasteiger partial charge < -0.3 is 19.3 Å². The number of nitriles is 1. The van der Waals surface area contributed by atoms with Crippen molar-refractivity contribution in [3.05, 3.63) is 29.8 Å². The monoisotopic (exact) mass is 379 g/mol. The standard InChI is InChI=1S/C21H21N3O4/c1-23-15-6-4-3-5-13(15)19-9-10-24-16(25)8-7-12-14(11-22)20(17(19)23,18(26)27-2)28-21(12,19)24/h3-6,12,14,17H,7-10H2,1-2H3/t12-,14-,17+,19-,20+,21-/m0/s1. The minimum Gasteiger partial charge on any atom is -0.467 e. The first kappa shape index (κ1) is 16.4. The van der Waals surface area contributed by atoms with Crippen molar-refractivity contribution < 1.29 is 19.1 Å². The lowest BCUT2D eigenvalue weighted by Crippen LogP contribution is -2.70. The van der Waals surface area contributed by atoms with Crippen molar-refractivity contribution in [3.8, 4) is 6.07 Å². The summed E-state index contributed by atoms with van der Waals surface area (Å²) in [5.74, 6) is -1.30. The number of methoxy groups -OCH3 is 1. The lowest BCUT2D eigenvalue weighted by atomic mass is 9.52. The van der Waals surface area contributed by atoms with Crippen LogP contribution < -0.4 is 4.90 Å². The predicted octanol–water partition coefficient (Wildman–Crippen LogP) is 1.18. The van der Waals surface area contributed by atoms with Gasteiger partial charge in [-0.05, 0) is 24.5 Å². The summed E-state index contributed by atoms with van der Waals surface area (Å²) in [7, 11) is 3.31. The van der Waals surface area contributed by atoms with Gasteiger partial charge in [-0.15, -0.1) is 0 Å². The predicted molar refractivity (Wildman–Crippen MR) is 97.0 cm³/mol. The third kappa shape index (κ3) is 1.26. The first-order valence-electron chi connectivity index (χ1n) is 9.81. The van der Waals surface area contributed by atoms with E-state index >= 15 is 0 Å². The summed E-state index contributed by atoms with van der Waals surface area (Å²) in [5, 5.41) is 10.2. The molecule has 0 saturated carbocycles. The number of fused-ring (bicyclic) bond motifs is 3. The zero-order valence-corrected chi connectivity index (χ0v) is 15.8. The number of esters is 1. The Balaban J connectivity index is 1.73. The van der Waals surface area contributed by atoms with Gasteiger partial charge in [-0.3, -0.25) is 4.79 Å². The Hall–Kier alpha value is -2.59. The van der Waals surface area contributed by atoms with Gasteiger partial charge in [0.05, 0.1) is 30.6 Å². The highest BCUT2D eigenvalue weighted by molar-refractivity contribution is 5.90. The Labute approximate surface area is 162 Å². The fraction of sp³-hybridized carbons (Fsp3) is 0.571. The first-order valence-corrected chi connectivity index (χ1v) is 9.81. The summed E-state index contributed by atoms with van der Waals surface area (Å²) >= 11 is 0. The minimum atomic E-state index is -1.40. The first-order chi connectivity index (χ1) is 13.5. The van der Waals surface area contributed by atoms with Crippen molar-refractivity contribution in [2.45, 2.75) is 42.0 Å². The third-order valence-electron chi connectivity index (χ3n) is 8.10. The second kappa shape index (κ2) is 4.69. The Bertz CT molecular complexity index is 988. The molecule has 28 heavy (non-hydrogen) atoms. The van der Waals surface area contributed by atoms with E-state index in [0.717, 1.165) is 17.7 Å². The highest BCUT2D eigenvalue weighted by atomic mass is 16.6. The van der Waals surface area contributed by atoms with E-state index in [2.05, 4.69) is 17.0 Å². The van der Waals surface area contributed by atoms with Gasteiger partial charge in [0.2, 0.25) is 11.5 Å². The lowest BCUT2D eigenvalue weighted by molar-refractivity contribution is -0.195. The molecular formula is C21H21N3O4. The number of carbonyl (C=O) groups is 2. The molecule has 0 unspecified atom stereocenters. The van der Waals surface area contributed by atoms with Crippen LogP contribution in [0.4, 0.5) is 5.69 Å². The van der Waals surface area contributed by atoms with Crippen LogP contribution in [0.2, 0.25) is 0 Å². The molecule has 5 heterocycles. The number of amides is 1. The van der Waals surface area contributed by atoms with E-state index in [0.29, 0.717) is 19.4 Å². The van der Waals surface area contributed by atoms with E-state index in [4.69, 9.17) is 9.47 Å². The second-order valence-corrected chi connectivity index (χ2v) is 8.63. The van der Waals surface area contributed by atoms with Crippen LogP contribution in [0.25, 0.3) is 0 Å². The van der Waals surface area contributed by atoms with Gasteiger partial charge in [0.1, 0.15) is 0 Å². The van der Waals surface area contributed by atoms with Crippen molar-refractivity contribution in [2.75, 3.05) is 25.6 Å². The largest absolute Gasteiger partial charge is 0.467 e. The number of rotatable bonds is 1. The average molecular weight is 379 g/mol. The summed E-state index contributed by atoms with van der Waals surface area (Å²) < 4.78 is 11.9. The van der Waals surface area contributed by atoms with Gasteiger partial charge in [-0.25, -0.2) is 4.79 Å². The number of hydrogen-bond donors (Lipinski definition) is 0. The molecule has 2 bridgehead atoms. The number of piperidine rings is 1. The van der Waals surface area contributed by atoms with Gasteiger partial charge >= 0.3 is 5.97 Å². The molecule has 1 aromatic carbocycles. The molecule has 2 spiro atoms. The maximum atomic E-state index is 13.3. The zero-order chi connectivity index (χ0) is 19.5. The Kier molecular flexibility index (Phi) is 2.74. The smallest absolute Gasteiger partial charge is 0.341 e. The fourth-order valence-electron chi connectivity index (χ4n) is 7.50. The van der Waals surface area contributed by atoms with Gasteiger partial charge in [0.15, 0.2) is 5.72 Å². The third-order valence-corrected chi connectivity index (χ3v) is 8.10. The van der Waals surface area contributed by atoms with Gasteiger partial charge in [0.25, 0.3) is 0 Å². The SMILES string of the molecule is COC(=O)[C@]12O[C@]34[C@@H](CCC(=O)N3CC[C@@]43c4ccccc4N(C)[C@@H]13)[C@@H]2C#N. The normalized spacial score (nSPS) is 44.2.